The first-order valence-electron chi connectivity index (χ1n) is 10.8. The summed E-state index contributed by atoms with van der Waals surface area (Å²) in [5.74, 6) is -0.0200. The van der Waals surface area contributed by atoms with Crippen molar-refractivity contribution in [3.63, 3.8) is 0 Å². The highest BCUT2D eigenvalue weighted by atomic mass is 35.5. The molecule has 3 aromatic carbocycles. The summed E-state index contributed by atoms with van der Waals surface area (Å²) >= 11 is 13.4. The average Bonchev–Trinajstić information content (AvgIpc) is 2.81. The molecule has 4 rings (SSSR count). The third-order valence-corrected chi connectivity index (χ3v) is 7.08. The van der Waals surface area contributed by atoms with E-state index in [2.05, 4.69) is 5.32 Å². The molecule has 1 N–H and O–H groups in total. The molecule has 8 heteroatoms. The van der Waals surface area contributed by atoms with Gasteiger partial charge in [-0.05, 0) is 73.4 Å². The molecule has 0 fully saturated rings. The molecule has 0 bridgehead atoms. The minimum Gasteiger partial charge on any atom is -0.355 e. The van der Waals surface area contributed by atoms with Crippen molar-refractivity contribution in [3.8, 4) is 5.69 Å². The average molecular weight is 512 g/mol. The first-order chi connectivity index (χ1) is 16.3. The number of halogens is 2. The van der Waals surface area contributed by atoms with Crippen LogP contribution in [-0.2, 0) is 11.2 Å². The van der Waals surface area contributed by atoms with Crippen LogP contribution in [0.2, 0.25) is 10.0 Å². The number of aromatic nitrogens is 2. The number of hydrogen-bond acceptors (Lipinski definition) is 4. The summed E-state index contributed by atoms with van der Waals surface area (Å²) in [5, 5.41) is 5.07. The van der Waals surface area contributed by atoms with E-state index in [1.54, 1.807) is 28.8 Å². The van der Waals surface area contributed by atoms with Gasteiger partial charge in [-0.25, -0.2) is 4.98 Å². The summed E-state index contributed by atoms with van der Waals surface area (Å²) in [7, 11) is 0. The van der Waals surface area contributed by atoms with Crippen LogP contribution in [0.3, 0.4) is 0 Å². The van der Waals surface area contributed by atoms with Crippen LogP contribution in [0.4, 0.5) is 0 Å². The summed E-state index contributed by atoms with van der Waals surface area (Å²) in [6, 6.07) is 18.4. The number of carbonyl (C=O) groups is 1. The van der Waals surface area contributed by atoms with Crippen molar-refractivity contribution in [2.75, 3.05) is 12.3 Å². The summed E-state index contributed by atoms with van der Waals surface area (Å²) < 4.78 is 1.58. The summed E-state index contributed by atoms with van der Waals surface area (Å²) in [4.78, 5) is 30.6. The van der Waals surface area contributed by atoms with E-state index in [-0.39, 0.29) is 17.2 Å². The van der Waals surface area contributed by atoms with Crippen molar-refractivity contribution in [2.45, 2.75) is 25.4 Å². The molecular weight excluding hydrogens is 489 g/mol. The van der Waals surface area contributed by atoms with Crippen molar-refractivity contribution < 1.29 is 4.79 Å². The molecular formula is C26H23Cl2N3O2S. The van der Waals surface area contributed by atoms with E-state index in [1.165, 1.54) is 11.8 Å². The summed E-state index contributed by atoms with van der Waals surface area (Å²) in [6.07, 6.45) is 0.591. The van der Waals surface area contributed by atoms with Gasteiger partial charge in [-0.15, -0.1) is 0 Å². The topological polar surface area (TPSA) is 64.0 Å². The Balaban J connectivity index is 1.53. The Morgan fingerprint density at radius 1 is 1.03 bits per heavy atom. The zero-order valence-electron chi connectivity index (χ0n) is 18.8. The second-order valence-electron chi connectivity index (χ2n) is 7.95. The molecule has 1 heterocycles. The van der Waals surface area contributed by atoms with Crippen LogP contribution in [0.5, 0.6) is 0 Å². The van der Waals surface area contributed by atoms with Crippen molar-refractivity contribution in [3.05, 3.63) is 97.8 Å². The molecule has 0 aliphatic rings. The van der Waals surface area contributed by atoms with Gasteiger partial charge in [-0.2, -0.15) is 0 Å². The molecule has 0 radical (unpaired) electrons. The van der Waals surface area contributed by atoms with Crippen LogP contribution in [0, 0.1) is 13.8 Å². The fourth-order valence-electron chi connectivity index (χ4n) is 3.54. The maximum atomic E-state index is 13.4. The Morgan fingerprint density at radius 2 is 1.82 bits per heavy atom. The zero-order valence-corrected chi connectivity index (χ0v) is 21.1. The lowest BCUT2D eigenvalue weighted by Gasteiger charge is -2.14. The van der Waals surface area contributed by atoms with E-state index < -0.39 is 0 Å². The third-order valence-electron chi connectivity index (χ3n) is 5.56. The zero-order chi connectivity index (χ0) is 24.2. The number of hydrogen-bond donors (Lipinski definition) is 1. The molecule has 0 aliphatic carbocycles. The fraction of sp³-hybridized carbons (Fsp3) is 0.192. The van der Waals surface area contributed by atoms with E-state index >= 15 is 0 Å². The lowest BCUT2D eigenvalue weighted by Crippen LogP contribution is -2.28. The predicted octanol–water partition coefficient (Wildman–Crippen LogP) is 5.76. The summed E-state index contributed by atoms with van der Waals surface area (Å²) in [6.45, 7) is 4.47. The number of para-hydroxylation sites is 1. The molecule has 4 aromatic rings. The monoisotopic (exact) mass is 511 g/mol. The van der Waals surface area contributed by atoms with Gasteiger partial charge in [0.2, 0.25) is 5.91 Å². The van der Waals surface area contributed by atoms with Crippen LogP contribution in [-0.4, -0.2) is 27.8 Å². The largest absolute Gasteiger partial charge is 0.355 e. The molecule has 34 heavy (non-hydrogen) atoms. The van der Waals surface area contributed by atoms with Gasteiger partial charge in [0.1, 0.15) is 0 Å². The second kappa shape index (κ2) is 10.6. The number of benzene rings is 3. The van der Waals surface area contributed by atoms with Crippen LogP contribution < -0.4 is 10.9 Å². The van der Waals surface area contributed by atoms with E-state index in [9.17, 15) is 9.59 Å². The molecule has 0 saturated carbocycles. The van der Waals surface area contributed by atoms with E-state index in [1.807, 2.05) is 50.2 Å². The van der Waals surface area contributed by atoms with Crippen LogP contribution >= 0.6 is 35.0 Å². The molecule has 5 nitrogen and oxygen atoms in total. The van der Waals surface area contributed by atoms with Gasteiger partial charge in [-0.3, -0.25) is 14.2 Å². The predicted molar refractivity (Wildman–Crippen MR) is 141 cm³/mol. The molecule has 0 aliphatic heterocycles. The second-order valence-corrected chi connectivity index (χ2v) is 9.73. The number of rotatable bonds is 7. The lowest BCUT2D eigenvalue weighted by atomic mass is 10.1. The number of amides is 1. The minimum atomic E-state index is -0.158. The molecule has 0 unspecified atom stereocenters. The first kappa shape index (κ1) is 24.3. The third kappa shape index (κ3) is 5.46. The van der Waals surface area contributed by atoms with Crippen molar-refractivity contribution in [1.82, 2.24) is 14.9 Å². The van der Waals surface area contributed by atoms with Gasteiger partial charge < -0.3 is 5.32 Å². The van der Waals surface area contributed by atoms with Gasteiger partial charge >= 0.3 is 0 Å². The smallest absolute Gasteiger partial charge is 0.266 e. The Bertz CT molecular complexity index is 1440. The highest BCUT2D eigenvalue weighted by Crippen LogP contribution is 2.23. The molecule has 1 aromatic heterocycles. The van der Waals surface area contributed by atoms with Gasteiger partial charge in [0.05, 0.1) is 22.3 Å². The van der Waals surface area contributed by atoms with E-state index in [0.717, 1.165) is 22.4 Å². The molecule has 0 atom stereocenters. The van der Waals surface area contributed by atoms with E-state index in [0.29, 0.717) is 39.1 Å². The van der Waals surface area contributed by atoms with Crippen LogP contribution in [0.1, 0.15) is 16.7 Å². The first-order valence-corrected chi connectivity index (χ1v) is 12.5. The van der Waals surface area contributed by atoms with Crippen LogP contribution in [0.15, 0.2) is 70.6 Å². The SMILES string of the molecule is Cc1ccc(-n2c(SCC(=O)NCCc3ccc(Cl)cc3Cl)nc3ccccc3c2=O)cc1C. The van der Waals surface area contributed by atoms with Crippen molar-refractivity contribution in [1.29, 1.82) is 0 Å². The Kier molecular flexibility index (Phi) is 7.61. The standard InChI is InChI=1S/C26H23Cl2N3O2S/c1-16-7-10-20(13-17(16)2)31-25(33)21-5-3-4-6-23(21)30-26(31)34-15-24(32)29-12-11-18-8-9-19(27)14-22(18)28/h3-10,13-14H,11-12,15H2,1-2H3,(H,29,32). The molecule has 0 saturated heterocycles. The lowest BCUT2D eigenvalue weighted by molar-refractivity contribution is -0.118. The van der Waals surface area contributed by atoms with Gasteiger partial charge in [-0.1, -0.05) is 59.2 Å². The summed E-state index contributed by atoms with van der Waals surface area (Å²) in [5.41, 5.74) is 4.31. The Hall–Kier alpha value is -2.80. The highest BCUT2D eigenvalue weighted by molar-refractivity contribution is 7.99. The molecule has 0 spiro atoms. The fourth-order valence-corrected chi connectivity index (χ4v) is 4.89. The number of carbonyl (C=O) groups excluding carboxylic acids is 1. The highest BCUT2D eigenvalue weighted by Gasteiger charge is 2.15. The Labute approximate surface area is 212 Å². The molecule has 174 valence electrons. The van der Waals surface area contributed by atoms with Gasteiger partial charge in [0.25, 0.3) is 5.56 Å². The number of nitrogens with zero attached hydrogens (tertiary/aromatic N) is 2. The van der Waals surface area contributed by atoms with Crippen LogP contribution in [0.25, 0.3) is 16.6 Å². The van der Waals surface area contributed by atoms with Crippen molar-refractivity contribution >= 4 is 51.8 Å². The van der Waals surface area contributed by atoms with Gasteiger partial charge in [0.15, 0.2) is 5.16 Å². The Morgan fingerprint density at radius 3 is 2.59 bits per heavy atom. The normalized spacial score (nSPS) is 11.1. The van der Waals surface area contributed by atoms with E-state index in [4.69, 9.17) is 28.2 Å². The number of nitrogens with one attached hydrogen (secondary N) is 1. The van der Waals surface area contributed by atoms with Crippen molar-refractivity contribution in [2.24, 2.45) is 0 Å². The maximum absolute atomic E-state index is 13.4. The maximum Gasteiger partial charge on any atom is 0.266 e. The number of thioether (sulfide) groups is 1. The molecule has 1 amide bonds. The quantitative estimate of drug-likeness (QED) is 0.253. The minimum absolute atomic E-state index is 0.129. The van der Waals surface area contributed by atoms with Gasteiger partial charge in [0, 0.05) is 16.6 Å². The number of fused-ring (bicyclic) bond motifs is 1. The number of aryl methyl sites for hydroxylation is 2.